The normalized spacial score (nSPS) is 15.8. The first-order valence-electron chi connectivity index (χ1n) is 9.37. The number of methoxy groups -OCH3 is 1. The fraction of sp³-hybridized carbons (Fsp3) is 0.350. The molecule has 154 valence electrons. The molecule has 0 saturated carbocycles. The Morgan fingerprint density at radius 3 is 2.10 bits per heavy atom. The van der Waals surface area contributed by atoms with Gasteiger partial charge in [0.2, 0.25) is 10.0 Å². The van der Waals surface area contributed by atoms with Gasteiger partial charge in [-0.05, 0) is 42.5 Å². The molecule has 0 bridgehead atoms. The smallest absolute Gasteiger partial charge is 0.328 e. The lowest BCUT2D eigenvalue weighted by Gasteiger charge is -2.35. The van der Waals surface area contributed by atoms with Gasteiger partial charge in [0.1, 0.15) is 5.75 Å². The molecule has 29 heavy (non-hydrogen) atoms. The molecule has 1 aliphatic heterocycles. The highest BCUT2D eigenvalue weighted by Gasteiger charge is 2.29. The lowest BCUT2D eigenvalue weighted by molar-refractivity contribution is 0.384. The highest BCUT2D eigenvalue weighted by molar-refractivity contribution is 7.89. The van der Waals surface area contributed by atoms with Gasteiger partial charge in [0, 0.05) is 46.0 Å². The lowest BCUT2D eigenvalue weighted by atomic mass is 10.2. The summed E-state index contributed by atoms with van der Waals surface area (Å²) in [7, 11) is 1.33. The largest absolute Gasteiger partial charge is 0.497 e. The molecule has 0 spiro atoms. The van der Waals surface area contributed by atoms with Gasteiger partial charge in [0.05, 0.1) is 23.0 Å². The van der Waals surface area contributed by atoms with Gasteiger partial charge in [0.15, 0.2) is 0 Å². The summed E-state index contributed by atoms with van der Waals surface area (Å²) in [5.74, 6) is 0.792. The van der Waals surface area contributed by atoms with Crippen molar-refractivity contribution in [2.24, 2.45) is 14.1 Å². The molecule has 2 heterocycles. The number of ether oxygens (including phenoxy) is 1. The average Bonchev–Trinajstić information content (AvgIpc) is 2.97. The van der Waals surface area contributed by atoms with Gasteiger partial charge in [-0.15, -0.1) is 0 Å². The summed E-state index contributed by atoms with van der Waals surface area (Å²) >= 11 is 0. The van der Waals surface area contributed by atoms with Crippen LogP contribution < -0.4 is 15.3 Å². The zero-order valence-electron chi connectivity index (χ0n) is 16.7. The minimum atomic E-state index is -3.63. The Hall–Kier alpha value is -2.78. The topological polar surface area (TPSA) is 76.8 Å². The number of piperazine rings is 1. The standard InChI is InChI=1S/C20H24N4O4S/c1-21-18-9-8-17(14-19(18)22(2)20(21)25)29(26,27)24-12-10-23(11-13-24)15-4-6-16(28-3)7-5-15/h4-9,14H,10-13H2,1-3H3. The molecule has 0 amide bonds. The second-order valence-corrected chi connectivity index (χ2v) is 9.08. The van der Waals surface area contributed by atoms with E-state index >= 15 is 0 Å². The molecule has 1 saturated heterocycles. The molecule has 9 heteroatoms. The first kappa shape index (κ1) is 19.5. The predicted molar refractivity (Wildman–Crippen MR) is 112 cm³/mol. The molecule has 0 atom stereocenters. The van der Waals surface area contributed by atoms with Gasteiger partial charge in [-0.1, -0.05) is 0 Å². The van der Waals surface area contributed by atoms with E-state index < -0.39 is 10.0 Å². The molecule has 8 nitrogen and oxygen atoms in total. The van der Waals surface area contributed by atoms with Crippen LogP contribution in [0.3, 0.4) is 0 Å². The number of sulfonamides is 1. The number of fused-ring (bicyclic) bond motifs is 1. The zero-order valence-corrected chi connectivity index (χ0v) is 17.5. The summed E-state index contributed by atoms with van der Waals surface area (Å²) in [6, 6.07) is 12.6. The van der Waals surface area contributed by atoms with E-state index in [0.717, 1.165) is 11.4 Å². The van der Waals surface area contributed by atoms with Gasteiger partial charge in [-0.2, -0.15) is 4.31 Å². The Kier molecular flexibility index (Phi) is 4.87. The molecule has 0 radical (unpaired) electrons. The number of aryl methyl sites for hydroxylation is 2. The quantitative estimate of drug-likeness (QED) is 0.643. The SMILES string of the molecule is COc1ccc(N2CCN(S(=O)(=O)c3ccc4c(c3)n(C)c(=O)n4C)CC2)cc1. The molecule has 1 aromatic heterocycles. The van der Waals surface area contributed by atoms with E-state index in [1.54, 1.807) is 39.4 Å². The van der Waals surface area contributed by atoms with Crippen molar-refractivity contribution in [2.75, 3.05) is 38.2 Å². The number of rotatable bonds is 4. The summed E-state index contributed by atoms with van der Waals surface area (Å²) in [6.45, 7) is 2.02. The van der Waals surface area contributed by atoms with Crippen molar-refractivity contribution >= 4 is 26.7 Å². The Morgan fingerprint density at radius 2 is 1.48 bits per heavy atom. The van der Waals surface area contributed by atoms with Crippen LogP contribution in [0.2, 0.25) is 0 Å². The van der Waals surface area contributed by atoms with Crippen molar-refractivity contribution < 1.29 is 13.2 Å². The maximum atomic E-state index is 13.2. The molecular weight excluding hydrogens is 392 g/mol. The van der Waals surface area contributed by atoms with E-state index in [-0.39, 0.29) is 10.6 Å². The highest BCUT2D eigenvalue weighted by atomic mass is 32.2. The van der Waals surface area contributed by atoms with Crippen LogP contribution in [0.15, 0.2) is 52.2 Å². The van der Waals surface area contributed by atoms with Gasteiger partial charge >= 0.3 is 5.69 Å². The van der Waals surface area contributed by atoms with E-state index in [1.165, 1.54) is 13.4 Å². The number of imidazole rings is 1. The third kappa shape index (κ3) is 3.30. The van der Waals surface area contributed by atoms with Crippen molar-refractivity contribution in [3.8, 4) is 5.75 Å². The molecule has 0 N–H and O–H groups in total. The van der Waals surface area contributed by atoms with E-state index in [9.17, 15) is 13.2 Å². The van der Waals surface area contributed by atoms with E-state index in [4.69, 9.17) is 4.74 Å². The van der Waals surface area contributed by atoms with Crippen LogP contribution in [0.25, 0.3) is 11.0 Å². The third-order valence-corrected chi connectivity index (χ3v) is 7.45. The Balaban J connectivity index is 1.55. The zero-order chi connectivity index (χ0) is 20.8. The van der Waals surface area contributed by atoms with Crippen LogP contribution in [-0.4, -0.2) is 55.1 Å². The Morgan fingerprint density at radius 1 is 0.862 bits per heavy atom. The molecule has 4 rings (SSSR count). The number of aromatic nitrogens is 2. The monoisotopic (exact) mass is 416 g/mol. The number of hydrogen-bond acceptors (Lipinski definition) is 5. The third-order valence-electron chi connectivity index (χ3n) is 5.56. The summed E-state index contributed by atoms with van der Waals surface area (Å²) < 4.78 is 36.0. The summed E-state index contributed by atoms with van der Waals surface area (Å²) in [5, 5.41) is 0. The van der Waals surface area contributed by atoms with Crippen LogP contribution in [0.5, 0.6) is 5.75 Å². The van der Waals surface area contributed by atoms with Crippen LogP contribution in [0.1, 0.15) is 0 Å². The maximum Gasteiger partial charge on any atom is 0.328 e. The number of hydrogen-bond donors (Lipinski definition) is 0. The van der Waals surface area contributed by atoms with Crippen molar-refractivity contribution in [2.45, 2.75) is 4.90 Å². The number of nitrogens with zero attached hydrogens (tertiary/aromatic N) is 4. The van der Waals surface area contributed by atoms with E-state index in [2.05, 4.69) is 4.90 Å². The molecule has 1 fully saturated rings. The number of anilines is 1. The van der Waals surface area contributed by atoms with E-state index in [1.807, 2.05) is 24.3 Å². The van der Waals surface area contributed by atoms with Crippen molar-refractivity contribution in [3.05, 3.63) is 52.9 Å². The first-order valence-corrected chi connectivity index (χ1v) is 10.8. The van der Waals surface area contributed by atoms with Crippen molar-refractivity contribution in [1.82, 2.24) is 13.4 Å². The molecule has 0 unspecified atom stereocenters. The average molecular weight is 417 g/mol. The minimum Gasteiger partial charge on any atom is -0.497 e. The van der Waals surface area contributed by atoms with Gasteiger partial charge in [0.25, 0.3) is 0 Å². The van der Waals surface area contributed by atoms with Gasteiger partial charge in [-0.25, -0.2) is 13.2 Å². The van der Waals surface area contributed by atoms with Gasteiger partial charge in [-0.3, -0.25) is 9.13 Å². The highest BCUT2D eigenvalue weighted by Crippen LogP contribution is 2.25. The molecular formula is C20H24N4O4S. The Bertz CT molecular complexity index is 1200. The minimum absolute atomic E-state index is 0.178. The molecule has 0 aliphatic carbocycles. The predicted octanol–water partition coefficient (Wildman–Crippen LogP) is 1.40. The molecule has 2 aromatic carbocycles. The van der Waals surface area contributed by atoms with E-state index in [0.29, 0.717) is 37.2 Å². The fourth-order valence-corrected chi connectivity index (χ4v) is 5.22. The van der Waals surface area contributed by atoms with Crippen LogP contribution in [0.4, 0.5) is 5.69 Å². The lowest BCUT2D eigenvalue weighted by Crippen LogP contribution is -2.48. The van der Waals surface area contributed by atoms with Gasteiger partial charge < -0.3 is 9.64 Å². The molecule has 1 aliphatic rings. The van der Waals surface area contributed by atoms with Crippen molar-refractivity contribution in [1.29, 1.82) is 0 Å². The summed E-state index contributed by atoms with van der Waals surface area (Å²) in [6.07, 6.45) is 0. The van der Waals surface area contributed by atoms with Crippen LogP contribution in [-0.2, 0) is 24.1 Å². The second kappa shape index (κ2) is 7.23. The summed E-state index contributed by atoms with van der Waals surface area (Å²) in [4.78, 5) is 14.5. The van der Waals surface area contributed by atoms with Crippen LogP contribution >= 0.6 is 0 Å². The summed E-state index contributed by atoms with van der Waals surface area (Å²) in [5.41, 5.74) is 2.18. The second-order valence-electron chi connectivity index (χ2n) is 7.14. The molecule has 3 aromatic rings. The number of benzene rings is 2. The van der Waals surface area contributed by atoms with Crippen LogP contribution in [0, 0.1) is 0 Å². The first-order chi connectivity index (χ1) is 13.8. The fourth-order valence-electron chi connectivity index (χ4n) is 3.78. The van der Waals surface area contributed by atoms with Crippen molar-refractivity contribution in [3.63, 3.8) is 0 Å². The maximum absolute atomic E-state index is 13.2. The Labute approximate surface area is 169 Å².